The molecule has 6 nitrogen and oxygen atoms in total. The van der Waals surface area contributed by atoms with Crippen molar-refractivity contribution in [3.8, 4) is 0 Å². The second kappa shape index (κ2) is 9.73. The van der Waals surface area contributed by atoms with E-state index in [0.717, 1.165) is 18.8 Å². The molecule has 0 saturated carbocycles. The summed E-state index contributed by atoms with van der Waals surface area (Å²) in [5, 5.41) is 21.0. The summed E-state index contributed by atoms with van der Waals surface area (Å²) < 4.78 is 0. The van der Waals surface area contributed by atoms with Crippen LogP contribution in [0.15, 0.2) is 70.2 Å². The zero-order valence-corrected chi connectivity index (χ0v) is 16.4. The molecule has 27 heavy (non-hydrogen) atoms. The molecule has 0 unspecified atom stereocenters. The van der Waals surface area contributed by atoms with Crippen LogP contribution in [0.4, 0.5) is 17.1 Å². The highest BCUT2D eigenvalue weighted by Gasteiger charge is 2.13. The normalized spacial score (nSPS) is 12.0. The summed E-state index contributed by atoms with van der Waals surface area (Å²) in [6.45, 7) is 7.41. The van der Waals surface area contributed by atoms with Gasteiger partial charge >= 0.3 is 0 Å². The Balaban J connectivity index is 2.12. The molecule has 0 radical (unpaired) electrons. The van der Waals surface area contributed by atoms with Gasteiger partial charge in [-0.05, 0) is 69.3 Å². The Bertz CT molecular complexity index is 822. The molecule has 2 N–H and O–H groups in total. The van der Waals surface area contributed by atoms with Crippen molar-refractivity contribution < 1.29 is 9.90 Å². The van der Waals surface area contributed by atoms with E-state index in [1.54, 1.807) is 24.3 Å². The van der Waals surface area contributed by atoms with Crippen molar-refractivity contribution in [1.29, 1.82) is 0 Å². The second-order valence-corrected chi connectivity index (χ2v) is 6.22. The minimum Gasteiger partial charge on any atom is -0.510 e. The zero-order chi connectivity index (χ0) is 19.8. The summed E-state index contributed by atoms with van der Waals surface area (Å²) in [5.74, 6) is -0.772. The van der Waals surface area contributed by atoms with Gasteiger partial charge in [-0.15, -0.1) is 5.11 Å². The smallest absolute Gasteiger partial charge is 0.279 e. The Morgan fingerprint density at radius 3 is 2.19 bits per heavy atom. The number of rotatable bonds is 7. The number of amides is 1. The van der Waals surface area contributed by atoms with E-state index in [9.17, 15) is 9.90 Å². The molecule has 2 aromatic carbocycles. The van der Waals surface area contributed by atoms with E-state index in [1.807, 2.05) is 24.3 Å². The van der Waals surface area contributed by atoms with Crippen LogP contribution in [0, 0.1) is 0 Å². The lowest BCUT2D eigenvalue weighted by molar-refractivity contribution is -0.113. The monoisotopic (exact) mass is 386 g/mol. The van der Waals surface area contributed by atoms with Crippen molar-refractivity contribution in [3.63, 3.8) is 0 Å². The van der Waals surface area contributed by atoms with Gasteiger partial charge in [0, 0.05) is 29.5 Å². The van der Waals surface area contributed by atoms with Gasteiger partial charge in [0.2, 0.25) is 0 Å². The van der Waals surface area contributed by atoms with E-state index in [0.29, 0.717) is 16.4 Å². The maximum atomic E-state index is 12.4. The molecular formula is C20H23ClN4O2. The van der Waals surface area contributed by atoms with Gasteiger partial charge < -0.3 is 15.3 Å². The molecule has 0 heterocycles. The van der Waals surface area contributed by atoms with E-state index in [1.165, 1.54) is 6.92 Å². The predicted octanol–water partition coefficient (Wildman–Crippen LogP) is 5.70. The van der Waals surface area contributed by atoms with Crippen molar-refractivity contribution in [1.82, 2.24) is 0 Å². The van der Waals surface area contributed by atoms with Crippen LogP contribution >= 0.6 is 11.6 Å². The lowest BCUT2D eigenvalue weighted by atomic mass is 10.2. The number of hydrogen-bond donors (Lipinski definition) is 2. The highest BCUT2D eigenvalue weighted by Crippen LogP contribution is 2.21. The van der Waals surface area contributed by atoms with E-state index in [2.05, 4.69) is 34.3 Å². The average molecular weight is 387 g/mol. The van der Waals surface area contributed by atoms with Crippen LogP contribution in [-0.2, 0) is 4.79 Å². The number of carbonyl (C=O) groups is 1. The Morgan fingerprint density at radius 2 is 1.67 bits per heavy atom. The fourth-order valence-electron chi connectivity index (χ4n) is 2.43. The molecule has 1 amide bonds. The number of nitrogens with zero attached hydrogens (tertiary/aromatic N) is 3. The van der Waals surface area contributed by atoms with Gasteiger partial charge in [-0.25, -0.2) is 0 Å². The minimum atomic E-state index is -0.555. The van der Waals surface area contributed by atoms with Crippen LogP contribution in [0.1, 0.15) is 20.8 Å². The number of benzene rings is 2. The molecule has 0 fully saturated rings. The molecule has 2 rings (SSSR count). The fraction of sp³-hybridized carbons (Fsp3) is 0.250. The first-order chi connectivity index (χ1) is 12.9. The SMILES string of the molecule is CCN(CC)c1ccc(N=N/C(C(=O)Nc2ccc(Cl)cc2)=C(\C)O)cc1. The van der Waals surface area contributed by atoms with Crippen LogP contribution in [0.5, 0.6) is 0 Å². The third-order valence-electron chi connectivity index (χ3n) is 3.90. The number of hydrogen-bond acceptors (Lipinski definition) is 5. The summed E-state index contributed by atoms with van der Waals surface area (Å²) in [6, 6.07) is 14.2. The van der Waals surface area contributed by atoms with Crippen LogP contribution in [0.3, 0.4) is 0 Å². The summed E-state index contributed by atoms with van der Waals surface area (Å²) in [5.41, 5.74) is 2.07. The maximum absolute atomic E-state index is 12.4. The Kier molecular flexibility index (Phi) is 7.37. The van der Waals surface area contributed by atoms with E-state index < -0.39 is 5.91 Å². The Morgan fingerprint density at radius 1 is 1.07 bits per heavy atom. The summed E-state index contributed by atoms with van der Waals surface area (Å²) in [7, 11) is 0. The first kappa shape index (κ1) is 20.5. The van der Waals surface area contributed by atoms with Crippen LogP contribution in [-0.4, -0.2) is 24.1 Å². The molecule has 0 aliphatic rings. The molecule has 7 heteroatoms. The van der Waals surface area contributed by atoms with Crippen LogP contribution in [0.25, 0.3) is 0 Å². The number of allylic oxidation sites excluding steroid dienone is 1. The zero-order valence-electron chi connectivity index (χ0n) is 15.6. The number of carbonyl (C=O) groups excluding carboxylic acids is 1. The van der Waals surface area contributed by atoms with Gasteiger partial charge in [0.1, 0.15) is 5.76 Å². The lowest BCUT2D eigenvalue weighted by Gasteiger charge is -2.20. The van der Waals surface area contributed by atoms with E-state index >= 15 is 0 Å². The standard InChI is InChI=1S/C20H23ClN4O2/c1-4-25(5-2)18-12-10-17(11-13-18)23-24-19(14(3)26)20(27)22-16-8-6-15(21)7-9-16/h6-13,26H,4-5H2,1-3H3,(H,22,27)/b19-14+,24-23?. The molecule has 2 aromatic rings. The number of aliphatic hydroxyl groups is 1. The van der Waals surface area contributed by atoms with Crippen molar-refractivity contribution >= 4 is 34.6 Å². The summed E-state index contributed by atoms with van der Waals surface area (Å²) in [6.07, 6.45) is 0. The maximum Gasteiger partial charge on any atom is 0.279 e. The third-order valence-corrected chi connectivity index (χ3v) is 4.16. The fourth-order valence-corrected chi connectivity index (χ4v) is 2.56. The number of halogens is 1. The Hall–Kier alpha value is -2.86. The highest BCUT2D eigenvalue weighted by atomic mass is 35.5. The predicted molar refractivity (Wildman–Crippen MR) is 110 cm³/mol. The van der Waals surface area contributed by atoms with Gasteiger partial charge in [-0.1, -0.05) is 11.6 Å². The number of azo groups is 1. The minimum absolute atomic E-state index is 0.155. The largest absolute Gasteiger partial charge is 0.510 e. The molecule has 0 saturated heterocycles. The Labute approximate surface area is 164 Å². The second-order valence-electron chi connectivity index (χ2n) is 5.78. The van der Waals surface area contributed by atoms with Crippen LogP contribution < -0.4 is 10.2 Å². The van der Waals surface area contributed by atoms with Crippen molar-refractivity contribution in [2.24, 2.45) is 10.2 Å². The highest BCUT2D eigenvalue weighted by molar-refractivity contribution is 6.30. The van der Waals surface area contributed by atoms with Crippen molar-refractivity contribution in [2.45, 2.75) is 20.8 Å². The van der Waals surface area contributed by atoms with Crippen molar-refractivity contribution in [2.75, 3.05) is 23.3 Å². The van der Waals surface area contributed by atoms with Crippen molar-refractivity contribution in [3.05, 3.63) is 65.0 Å². The first-order valence-corrected chi connectivity index (χ1v) is 9.05. The number of anilines is 2. The van der Waals surface area contributed by atoms with Gasteiger partial charge in [0.25, 0.3) is 5.91 Å². The molecule has 0 aliphatic heterocycles. The molecule has 0 bridgehead atoms. The summed E-state index contributed by atoms with van der Waals surface area (Å²) in [4.78, 5) is 14.6. The topological polar surface area (TPSA) is 77.3 Å². The molecule has 0 atom stereocenters. The molecule has 0 aliphatic carbocycles. The molecule has 0 aromatic heterocycles. The quantitative estimate of drug-likeness (QED) is 0.364. The number of aliphatic hydroxyl groups excluding tert-OH is 1. The van der Waals surface area contributed by atoms with Gasteiger partial charge in [0.15, 0.2) is 5.70 Å². The lowest BCUT2D eigenvalue weighted by Crippen LogP contribution is -2.21. The molecule has 0 spiro atoms. The number of nitrogens with one attached hydrogen (secondary N) is 1. The van der Waals surface area contributed by atoms with Gasteiger partial charge in [-0.2, -0.15) is 5.11 Å². The third kappa shape index (κ3) is 5.82. The van der Waals surface area contributed by atoms with Gasteiger partial charge in [0.05, 0.1) is 5.69 Å². The molecular weight excluding hydrogens is 364 g/mol. The van der Waals surface area contributed by atoms with E-state index in [-0.39, 0.29) is 11.5 Å². The summed E-state index contributed by atoms with van der Waals surface area (Å²) >= 11 is 5.83. The van der Waals surface area contributed by atoms with E-state index in [4.69, 9.17) is 11.6 Å². The van der Waals surface area contributed by atoms with Crippen LogP contribution in [0.2, 0.25) is 5.02 Å². The van der Waals surface area contributed by atoms with Gasteiger partial charge in [-0.3, -0.25) is 4.79 Å². The first-order valence-electron chi connectivity index (χ1n) is 8.68. The average Bonchev–Trinajstić information content (AvgIpc) is 2.65. The molecule has 142 valence electrons.